The van der Waals surface area contributed by atoms with Crippen LogP contribution in [-0.2, 0) is 10.0 Å². The normalized spacial score (nSPS) is 14.8. The minimum Gasteiger partial charge on any atom is -0.493 e. The molecule has 0 N–H and O–H groups in total. The van der Waals surface area contributed by atoms with Gasteiger partial charge in [-0.15, -0.1) is 0 Å². The van der Waals surface area contributed by atoms with E-state index in [9.17, 15) is 13.2 Å². The Hall–Kier alpha value is -2.78. The number of aryl methyl sites for hydroxylation is 2. The molecule has 1 aliphatic rings. The Morgan fingerprint density at radius 3 is 1.70 bits per heavy atom. The van der Waals surface area contributed by atoms with Gasteiger partial charge in [0.25, 0.3) is 5.91 Å². The van der Waals surface area contributed by atoms with E-state index in [-0.39, 0.29) is 32.1 Å². The molecule has 0 unspecified atom stereocenters. The SMILES string of the molecule is COc1cc(C(=O)N2CCN(S(=O)(=O)c3c(C)c(C)cc(C)c3C)CC2)cc(OC)c1OC. The van der Waals surface area contributed by atoms with Gasteiger partial charge in [-0.3, -0.25) is 4.79 Å². The summed E-state index contributed by atoms with van der Waals surface area (Å²) in [5, 5.41) is 0. The van der Waals surface area contributed by atoms with Gasteiger partial charge in [-0.05, 0) is 62.1 Å². The van der Waals surface area contributed by atoms with Crippen LogP contribution >= 0.6 is 0 Å². The van der Waals surface area contributed by atoms with Crippen LogP contribution in [0.5, 0.6) is 17.2 Å². The second-order valence-corrected chi connectivity index (χ2v) is 10.1. The minimum atomic E-state index is -3.67. The molecule has 1 saturated heterocycles. The van der Waals surface area contributed by atoms with Crippen molar-refractivity contribution in [3.05, 3.63) is 46.0 Å². The molecule has 1 aliphatic heterocycles. The zero-order chi connectivity index (χ0) is 24.5. The standard InChI is InChI=1S/C24H32N2O6S/c1-15-12-16(2)18(4)23(17(15)3)33(28,29)26-10-8-25(9-11-26)24(27)19-13-20(30-5)22(32-7)21(14-19)31-6/h12-14H,8-11H2,1-7H3. The highest BCUT2D eigenvalue weighted by Crippen LogP contribution is 2.38. The number of benzene rings is 2. The Kier molecular flexibility index (Phi) is 7.23. The Balaban J connectivity index is 1.83. The Morgan fingerprint density at radius 2 is 1.27 bits per heavy atom. The van der Waals surface area contributed by atoms with Crippen LogP contribution in [0.3, 0.4) is 0 Å². The number of carbonyl (C=O) groups is 1. The van der Waals surface area contributed by atoms with Crippen molar-refractivity contribution in [1.29, 1.82) is 0 Å². The summed E-state index contributed by atoms with van der Waals surface area (Å²) in [6.45, 7) is 8.57. The lowest BCUT2D eigenvalue weighted by Gasteiger charge is -2.35. The van der Waals surface area contributed by atoms with E-state index in [1.165, 1.54) is 25.6 Å². The average molecular weight is 477 g/mol. The van der Waals surface area contributed by atoms with Crippen LogP contribution < -0.4 is 14.2 Å². The summed E-state index contributed by atoms with van der Waals surface area (Å²) < 4.78 is 44.5. The maximum atomic E-state index is 13.5. The first-order chi connectivity index (χ1) is 15.6. The third-order valence-electron chi connectivity index (χ3n) is 6.33. The van der Waals surface area contributed by atoms with E-state index in [2.05, 4.69) is 0 Å². The number of hydrogen-bond donors (Lipinski definition) is 0. The van der Waals surface area contributed by atoms with Gasteiger partial charge in [0, 0.05) is 31.7 Å². The summed E-state index contributed by atoms with van der Waals surface area (Å²) in [6.07, 6.45) is 0. The molecule has 0 bridgehead atoms. The predicted octanol–water partition coefficient (Wildman–Crippen LogP) is 3.09. The Bertz CT molecular complexity index is 1120. The van der Waals surface area contributed by atoms with Gasteiger partial charge < -0.3 is 19.1 Å². The van der Waals surface area contributed by atoms with Crippen LogP contribution in [0.15, 0.2) is 23.1 Å². The quantitative estimate of drug-likeness (QED) is 0.637. The van der Waals surface area contributed by atoms with E-state index in [0.717, 1.165) is 22.3 Å². The smallest absolute Gasteiger partial charge is 0.254 e. The van der Waals surface area contributed by atoms with E-state index in [1.807, 2.05) is 33.8 Å². The van der Waals surface area contributed by atoms with Crippen LogP contribution in [0.1, 0.15) is 32.6 Å². The highest BCUT2D eigenvalue weighted by Gasteiger charge is 2.33. The first kappa shape index (κ1) is 24.9. The van der Waals surface area contributed by atoms with Gasteiger partial charge >= 0.3 is 0 Å². The van der Waals surface area contributed by atoms with Crippen LogP contribution in [0.2, 0.25) is 0 Å². The second-order valence-electron chi connectivity index (χ2n) is 8.20. The number of methoxy groups -OCH3 is 3. The molecule has 0 saturated carbocycles. The van der Waals surface area contributed by atoms with Crippen LogP contribution in [0.25, 0.3) is 0 Å². The van der Waals surface area contributed by atoms with Crippen molar-refractivity contribution in [3.8, 4) is 17.2 Å². The van der Waals surface area contributed by atoms with E-state index in [1.54, 1.807) is 17.0 Å². The van der Waals surface area contributed by atoms with Crippen molar-refractivity contribution in [2.24, 2.45) is 0 Å². The molecule has 0 atom stereocenters. The molecule has 2 aromatic rings. The number of ether oxygens (including phenoxy) is 3. The molecule has 180 valence electrons. The summed E-state index contributed by atoms with van der Waals surface area (Å²) >= 11 is 0. The molecule has 33 heavy (non-hydrogen) atoms. The molecule has 0 spiro atoms. The monoisotopic (exact) mass is 476 g/mol. The molecule has 9 heteroatoms. The van der Waals surface area contributed by atoms with Gasteiger partial charge in [0.2, 0.25) is 15.8 Å². The number of nitrogens with zero attached hydrogens (tertiary/aromatic N) is 2. The van der Waals surface area contributed by atoms with Crippen molar-refractivity contribution < 1.29 is 27.4 Å². The molecule has 0 aliphatic carbocycles. The molecule has 0 radical (unpaired) electrons. The first-order valence-electron chi connectivity index (χ1n) is 10.7. The number of sulfonamides is 1. The summed E-state index contributed by atoms with van der Waals surface area (Å²) in [6, 6.07) is 5.22. The maximum Gasteiger partial charge on any atom is 0.254 e. The molecule has 1 amide bonds. The molecule has 3 rings (SSSR count). The molecule has 1 fully saturated rings. The van der Waals surface area contributed by atoms with Gasteiger partial charge in [0.1, 0.15) is 0 Å². The number of amides is 1. The van der Waals surface area contributed by atoms with E-state index < -0.39 is 10.0 Å². The predicted molar refractivity (Wildman–Crippen MR) is 126 cm³/mol. The summed E-state index contributed by atoms with van der Waals surface area (Å²) in [5.41, 5.74) is 3.84. The van der Waals surface area contributed by atoms with Crippen LogP contribution in [-0.4, -0.2) is 71.0 Å². The zero-order valence-corrected chi connectivity index (χ0v) is 21.1. The summed E-state index contributed by atoms with van der Waals surface area (Å²) in [4.78, 5) is 15.2. The molecule has 2 aromatic carbocycles. The summed E-state index contributed by atoms with van der Waals surface area (Å²) in [7, 11) is 0.811. The average Bonchev–Trinajstić information content (AvgIpc) is 2.81. The van der Waals surface area contributed by atoms with E-state index in [0.29, 0.717) is 27.7 Å². The fourth-order valence-corrected chi connectivity index (χ4v) is 6.21. The van der Waals surface area contributed by atoms with Crippen molar-refractivity contribution >= 4 is 15.9 Å². The lowest BCUT2D eigenvalue weighted by Crippen LogP contribution is -2.50. The largest absolute Gasteiger partial charge is 0.493 e. The lowest BCUT2D eigenvalue weighted by atomic mass is 10.0. The number of carbonyl (C=O) groups excluding carboxylic acids is 1. The molecular formula is C24H32N2O6S. The van der Waals surface area contributed by atoms with Gasteiger partial charge in [0.15, 0.2) is 11.5 Å². The molecular weight excluding hydrogens is 444 g/mol. The van der Waals surface area contributed by atoms with Gasteiger partial charge in [-0.25, -0.2) is 8.42 Å². The van der Waals surface area contributed by atoms with Crippen molar-refractivity contribution in [3.63, 3.8) is 0 Å². The lowest BCUT2D eigenvalue weighted by molar-refractivity contribution is 0.0697. The van der Waals surface area contributed by atoms with E-state index >= 15 is 0 Å². The summed E-state index contributed by atoms with van der Waals surface area (Å²) in [5.74, 6) is 0.973. The maximum absolute atomic E-state index is 13.5. The number of hydrogen-bond acceptors (Lipinski definition) is 6. The molecule has 0 aromatic heterocycles. The fourth-order valence-electron chi connectivity index (χ4n) is 4.22. The van der Waals surface area contributed by atoms with Gasteiger partial charge in [-0.1, -0.05) is 6.07 Å². The van der Waals surface area contributed by atoms with Crippen molar-refractivity contribution in [2.45, 2.75) is 32.6 Å². The fraction of sp³-hybridized carbons (Fsp3) is 0.458. The van der Waals surface area contributed by atoms with Crippen molar-refractivity contribution in [2.75, 3.05) is 47.5 Å². The van der Waals surface area contributed by atoms with Crippen LogP contribution in [0.4, 0.5) is 0 Å². The van der Waals surface area contributed by atoms with E-state index in [4.69, 9.17) is 14.2 Å². The highest BCUT2D eigenvalue weighted by atomic mass is 32.2. The number of rotatable bonds is 6. The first-order valence-corrected chi connectivity index (χ1v) is 12.2. The third kappa shape index (κ3) is 4.52. The topological polar surface area (TPSA) is 85.4 Å². The highest BCUT2D eigenvalue weighted by molar-refractivity contribution is 7.89. The minimum absolute atomic E-state index is 0.218. The Morgan fingerprint density at radius 1 is 0.788 bits per heavy atom. The van der Waals surface area contributed by atoms with Gasteiger partial charge in [-0.2, -0.15) is 4.31 Å². The molecule has 1 heterocycles. The second kappa shape index (κ2) is 9.61. The van der Waals surface area contributed by atoms with Crippen molar-refractivity contribution in [1.82, 2.24) is 9.21 Å². The Labute approximate surface area is 196 Å². The third-order valence-corrected chi connectivity index (χ3v) is 8.51. The molecule has 8 nitrogen and oxygen atoms in total. The van der Waals surface area contributed by atoms with Crippen LogP contribution in [0, 0.1) is 27.7 Å². The zero-order valence-electron chi connectivity index (χ0n) is 20.3. The van der Waals surface area contributed by atoms with Gasteiger partial charge in [0.05, 0.1) is 26.2 Å². The number of piperazine rings is 1.